The first kappa shape index (κ1) is 13.0. The number of rotatable bonds is 2. The first-order valence-electron chi connectivity index (χ1n) is 6.01. The fraction of sp³-hybridized carbons (Fsp3) is 0.727. The number of anilines is 1. The summed E-state index contributed by atoms with van der Waals surface area (Å²) in [5.41, 5.74) is 5.46. The average Bonchev–Trinajstić information content (AvgIpc) is 2.27. The van der Waals surface area contributed by atoms with Gasteiger partial charge in [-0.25, -0.2) is 4.98 Å². The molecule has 7 heteroatoms. The van der Waals surface area contributed by atoms with Crippen LogP contribution in [0.15, 0.2) is 0 Å². The van der Waals surface area contributed by atoms with Crippen LogP contribution in [0, 0.1) is 0 Å². The zero-order valence-corrected chi connectivity index (χ0v) is 9.87. The van der Waals surface area contributed by atoms with Gasteiger partial charge in [0.15, 0.2) is 0 Å². The molecular weight excluding hydrogens is 245 g/mol. The molecule has 0 unspecified atom stereocenters. The molecule has 1 aliphatic carbocycles. The zero-order valence-electron chi connectivity index (χ0n) is 9.87. The van der Waals surface area contributed by atoms with Crippen molar-refractivity contribution in [3.05, 3.63) is 11.6 Å². The predicted octanol–water partition coefficient (Wildman–Crippen LogP) is 2.61. The Morgan fingerprint density at radius 2 is 1.72 bits per heavy atom. The minimum absolute atomic E-state index is 0.121. The third-order valence-corrected chi connectivity index (χ3v) is 3.05. The standard InChI is InChI=1S/C11H15F3N4/c12-11(13,14)6-8-16-9(18-10(15)17-8)7-4-2-1-3-5-7/h7H,1-6H2,(H2,15,16,17,18). The molecule has 0 aromatic carbocycles. The number of nitrogens with zero attached hydrogens (tertiary/aromatic N) is 3. The summed E-state index contributed by atoms with van der Waals surface area (Å²) >= 11 is 0. The van der Waals surface area contributed by atoms with Gasteiger partial charge in [-0.15, -0.1) is 0 Å². The van der Waals surface area contributed by atoms with Crippen molar-refractivity contribution in [3.63, 3.8) is 0 Å². The smallest absolute Gasteiger partial charge is 0.368 e. The SMILES string of the molecule is Nc1nc(CC(F)(F)F)nc(C2CCCCC2)n1. The molecule has 1 fully saturated rings. The minimum Gasteiger partial charge on any atom is -0.368 e. The van der Waals surface area contributed by atoms with Crippen LogP contribution in [0.25, 0.3) is 0 Å². The normalized spacial score (nSPS) is 17.9. The van der Waals surface area contributed by atoms with Crippen LogP contribution < -0.4 is 5.73 Å². The Bertz CT molecular complexity index is 413. The van der Waals surface area contributed by atoms with E-state index in [9.17, 15) is 13.2 Å². The topological polar surface area (TPSA) is 64.7 Å². The van der Waals surface area contributed by atoms with E-state index in [1.165, 1.54) is 0 Å². The van der Waals surface area contributed by atoms with E-state index in [0.29, 0.717) is 5.82 Å². The van der Waals surface area contributed by atoms with Crippen molar-refractivity contribution in [1.29, 1.82) is 0 Å². The second-order valence-electron chi connectivity index (χ2n) is 4.59. The van der Waals surface area contributed by atoms with Gasteiger partial charge in [0, 0.05) is 5.92 Å². The molecule has 0 amide bonds. The monoisotopic (exact) mass is 260 g/mol. The highest BCUT2D eigenvalue weighted by Gasteiger charge is 2.30. The number of alkyl halides is 3. The molecule has 0 radical (unpaired) electrons. The lowest BCUT2D eigenvalue weighted by Crippen LogP contribution is -2.18. The molecule has 100 valence electrons. The summed E-state index contributed by atoms with van der Waals surface area (Å²) in [6, 6.07) is 0. The number of nitrogen functional groups attached to an aromatic ring is 1. The quantitative estimate of drug-likeness (QED) is 0.887. The third kappa shape index (κ3) is 3.54. The van der Waals surface area contributed by atoms with E-state index in [1.54, 1.807) is 0 Å². The van der Waals surface area contributed by atoms with E-state index in [0.717, 1.165) is 32.1 Å². The Kier molecular flexibility index (Phi) is 3.68. The largest absolute Gasteiger partial charge is 0.396 e. The molecule has 1 aliphatic rings. The van der Waals surface area contributed by atoms with Crippen LogP contribution in [0.1, 0.15) is 49.7 Å². The van der Waals surface area contributed by atoms with E-state index in [2.05, 4.69) is 15.0 Å². The highest BCUT2D eigenvalue weighted by molar-refractivity contribution is 5.18. The lowest BCUT2D eigenvalue weighted by molar-refractivity contribution is -0.128. The maximum Gasteiger partial charge on any atom is 0.396 e. The number of aromatic nitrogens is 3. The minimum atomic E-state index is -4.32. The van der Waals surface area contributed by atoms with Gasteiger partial charge >= 0.3 is 6.18 Å². The summed E-state index contributed by atoms with van der Waals surface area (Å²) in [5, 5.41) is 0. The molecule has 0 spiro atoms. The van der Waals surface area contributed by atoms with Crippen LogP contribution >= 0.6 is 0 Å². The molecule has 1 aromatic heterocycles. The number of nitrogens with two attached hydrogens (primary N) is 1. The first-order valence-corrected chi connectivity index (χ1v) is 6.01. The Hall–Kier alpha value is -1.40. The Morgan fingerprint density at radius 1 is 1.06 bits per heavy atom. The molecule has 0 saturated heterocycles. The molecule has 2 N–H and O–H groups in total. The van der Waals surface area contributed by atoms with Crippen molar-refractivity contribution in [2.45, 2.75) is 50.6 Å². The van der Waals surface area contributed by atoms with E-state index >= 15 is 0 Å². The average molecular weight is 260 g/mol. The second-order valence-corrected chi connectivity index (χ2v) is 4.59. The van der Waals surface area contributed by atoms with E-state index < -0.39 is 12.6 Å². The van der Waals surface area contributed by atoms with Crippen molar-refractivity contribution < 1.29 is 13.2 Å². The van der Waals surface area contributed by atoms with Crippen molar-refractivity contribution in [2.24, 2.45) is 0 Å². The molecule has 1 heterocycles. The van der Waals surface area contributed by atoms with Crippen LogP contribution in [0.3, 0.4) is 0 Å². The highest BCUT2D eigenvalue weighted by atomic mass is 19.4. The summed E-state index contributed by atoms with van der Waals surface area (Å²) in [5.74, 6) is 0.137. The fourth-order valence-corrected chi connectivity index (χ4v) is 2.26. The molecule has 1 aromatic rings. The van der Waals surface area contributed by atoms with Crippen molar-refractivity contribution in [3.8, 4) is 0 Å². The highest BCUT2D eigenvalue weighted by Crippen LogP contribution is 2.31. The predicted molar refractivity (Wildman–Crippen MR) is 59.8 cm³/mol. The van der Waals surface area contributed by atoms with Gasteiger partial charge < -0.3 is 5.73 Å². The van der Waals surface area contributed by atoms with Crippen LogP contribution in [0.4, 0.5) is 19.1 Å². The van der Waals surface area contributed by atoms with Crippen LogP contribution in [-0.4, -0.2) is 21.1 Å². The maximum atomic E-state index is 12.3. The molecule has 1 saturated carbocycles. The van der Waals surface area contributed by atoms with Crippen LogP contribution in [-0.2, 0) is 6.42 Å². The van der Waals surface area contributed by atoms with Gasteiger partial charge in [0.2, 0.25) is 5.95 Å². The summed E-state index contributed by atoms with van der Waals surface area (Å²) in [7, 11) is 0. The van der Waals surface area contributed by atoms with E-state index in [-0.39, 0.29) is 17.7 Å². The van der Waals surface area contributed by atoms with E-state index in [4.69, 9.17) is 5.73 Å². The number of halogens is 3. The second kappa shape index (κ2) is 5.07. The number of hydrogen-bond donors (Lipinski definition) is 1. The third-order valence-electron chi connectivity index (χ3n) is 3.05. The molecule has 0 aliphatic heterocycles. The zero-order chi connectivity index (χ0) is 13.2. The Morgan fingerprint density at radius 3 is 2.33 bits per heavy atom. The van der Waals surface area contributed by atoms with Crippen molar-refractivity contribution in [2.75, 3.05) is 5.73 Å². The lowest BCUT2D eigenvalue weighted by atomic mass is 9.89. The molecule has 0 bridgehead atoms. The van der Waals surface area contributed by atoms with Gasteiger partial charge in [-0.05, 0) is 12.8 Å². The van der Waals surface area contributed by atoms with Crippen molar-refractivity contribution in [1.82, 2.24) is 15.0 Å². The molecular formula is C11H15F3N4. The van der Waals surface area contributed by atoms with Gasteiger partial charge in [0.25, 0.3) is 0 Å². The maximum absolute atomic E-state index is 12.3. The van der Waals surface area contributed by atoms with E-state index in [1.807, 2.05) is 0 Å². The molecule has 2 rings (SSSR count). The van der Waals surface area contributed by atoms with Gasteiger partial charge in [0.05, 0.1) is 0 Å². The fourth-order valence-electron chi connectivity index (χ4n) is 2.26. The van der Waals surface area contributed by atoms with Gasteiger partial charge in [-0.1, -0.05) is 19.3 Å². The lowest BCUT2D eigenvalue weighted by Gasteiger charge is -2.20. The summed E-state index contributed by atoms with van der Waals surface area (Å²) in [4.78, 5) is 11.4. The summed E-state index contributed by atoms with van der Waals surface area (Å²) in [6.45, 7) is 0. The molecule has 0 atom stereocenters. The summed E-state index contributed by atoms with van der Waals surface area (Å²) < 4.78 is 36.9. The molecule has 4 nitrogen and oxygen atoms in total. The Labute approximate surface area is 103 Å². The van der Waals surface area contributed by atoms with Crippen LogP contribution in [0.2, 0.25) is 0 Å². The number of hydrogen-bond acceptors (Lipinski definition) is 4. The van der Waals surface area contributed by atoms with Crippen LogP contribution in [0.5, 0.6) is 0 Å². The van der Waals surface area contributed by atoms with Gasteiger partial charge in [-0.2, -0.15) is 23.1 Å². The first-order chi connectivity index (χ1) is 8.44. The van der Waals surface area contributed by atoms with Gasteiger partial charge in [-0.3, -0.25) is 0 Å². The van der Waals surface area contributed by atoms with Gasteiger partial charge in [0.1, 0.15) is 18.1 Å². The summed E-state index contributed by atoms with van der Waals surface area (Å²) in [6.07, 6.45) is -0.372. The van der Waals surface area contributed by atoms with Crippen molar-refractivity contribution >= 4 is 5.95 Å². The Balaban J connectivity index is 2.20. The molecule has 18 heavy (non-hydrogen) atoms.